The number of allylic oxidation sites excluding steroid dienone is 4. The van der Waals surface area contributed by atoms with Gasteiger partial charge >= 0.3 is 0 Å². The van der Waals surface area contributed by atoms with Gasteiger partial charge in [0.2, 0.25) is 0 Å². The molecule has 0 spiro atoms. The quantitative estimate of drug-likeness (QED) is 0.399. The normalized spacial score (nSPS) is 19.2. The van der Waals surface area contributed by atoms with E-state index in [1.165, 1.54) is 38.0 Å². The van der Waals surface area contributed by atoms with Crippen molar-refractivity contribution in [2.75, 3.05) is 0 Å². The Balaban J connectivity index is 3.15. The molecule has 2 heteroatoms. The van der Waals surface area contributed by atoms with Crippen molar-refractivity contribution in [1.82, 2.24) is 0 Å². The number of hydrogen-bond acceptors (Lipinski definition) is 0. The Bertz CT molecular complexity index is 341. The Labute approximate surface area is 122 Å². The van der Waals surface area contributed by atoms with E-state index >= 15 is 0 Å². The maximum Gasteiger partial charge on any atom is 0.174 e. The second-order valence-electron chi connectivity index (χ2n) is 6.60. The van der Waals surface area contributed by atoms with Crippen LogP contribution in [-0.2, 0) is 0 Å². The maximum absolute atomic E-state index is 4.00. The molecule has 1 aliphatic rings. The summed E-state index contributed by atoms with van der Waals surface area (Å²) in [5.41, 5.74) is 1.75. The molecule has 0 N–H and O–H groups in total. The zero-order chi connectivity index (χ0) is 14.3. The highest BCUT2D eigenvalue weighted by molar-refractivity contribution is 6.87. The monoisotopic (exact) mass is 274 g/mol. The van der Waals surface area contributed by atoms with Gasteiger partial charge in [-0.1, -0.05) is 75.3 Å². The SMILES string of the molecule is C=CCB1CCC[Si](C)(C)C(CCCC)=C1CC=C. The zero-order valence-corrected chi connectivity index (χ0v) is 14.3. The Morgan fingerprint density at radius 2 is 2.00 bits per heavy atom. The first-order valence-corrected chi connectivity index (χ1v) is 11.2. The van der Waals surface area contributed by atoms with Gasteiger partial charge in [0.05, 0.1) is 8.07 Å². The molecule has 0 unspecified atom stereocenters. The summed E-state index contributed by atoms with van der Waals surface area (Å²) in [4.78, 5) is 0. The summed E-state index contributed by atoms with van der Waals surface area (Å²) in [5, 5.41) is 1.87. The van der Waals surface area contributed by atoms with Gasteiger partial charge in [-0.3, -0.25) is 0 Å². The van der Waals surface area contributed by atoms with Crippen LogP contribution in [0.25, 0.3) is 0 Å². The fourth-order valence-corrected chi connectivity index (χ4v) is 6.97. The van der Waals surface area contributed by atoms with Crippen LogP contribution < -0.4 is 0 Å². The predicted octanol–water partition coefficient (Wildman–Crippen LogP) is 5.92. The van der Waals surface area contributed by atoms with Crippen molar-refractivity contribution in [3.8, 4) is 0 Å². The molecule has 0 aromatic rings. The molecule has 0 radical (unpaired) electrons. The Kier molecular flexibility index (Phi) is 6.92. The average molecular weight is 274 g/mol. The van der Waals surface area contributed by atoms with Crippen LogP contribution in [0.3, 0.4) is 0 Å². The van der Waals surface area contributed by atoms with Gasteiger partial charge < -0.3 is 0 Å². The molecule has 0 nitrogen and oxygen atoms in total. The summed E-state index contributed by atoms with van der Waals surface area (Å²) >= 11 is 0. The van der Waals surface area contributed by atoms with Crippen LogP contribution in [0.15, 0.2) is 36.0 Å². The molecule has 0 saturated heterocycles. The van der Waals surface area contributed by atoms with E-state index in [9.17, 15) is 0 Å². The van der Waals surface area contributed by atoms with Crippen LogP contribution in [0.1, 0.15) is 39.0 Å². The third kappa shape index (κ3) is 4.52. The highest BCUT2D eigenvalue weighted by atomic mass is 28.3. The molecule has 1 rings (SSSR count). The lowest BCUT2D eigenvalue weighted by Gasteiger charge is -2.28. The van der Waals surface area contributed by atoms with Gasteiger partial charge in [-0.05, 0) is 12.8 Å². The van der Waals surface area contributed by atoms with Gasteiger partial charge in [-0.15, -0.1) is 18.6 Å². The molecule has 0 amide bonds. The van der Waals surface area contributed by atoms with Crippen molar-refractivity contribution in [2.45, 2.75) is 70.8 Å². The van der Waals surface area contributed by atoms with Crippen LogP contribution in [0.2, 0.25) is 31.8 Å². The fourth-order valence-electron chi connectivity index (χ4n) is 3.56. The van der Waals surface area contributed by atoms with E-state index in [1.807, 2.05) is 5.20 Å². The van der Waals surface area contributed by atoms with Crippen molar-refractivity contribution in [3.63, 3.8) is 0 Å². The smallest absolute Gasteiger partial charge is 0.104 e. The summed E-state index contributed by atoms with van der Waals surface area (Å²) < 4.78 is 0. The molecule has 0 aromatic carbocycles. The van der Waals surface area contributed by atoms with Gasteiger partial charge in [0.15, 0.2) is 6.71 Å². The van der Waals surface area contributed by atoms with E-state index in [4.69, 9.17) is 0 Å². The minimum Gasteiger partial charge on any atom is -0.104 e. The highest BCUT2D eigenvalue weighted by Gasteiger charge is 2.33. The molecule has 1 heterocycles. The highest BCUT2D eigenvalue weighted by Crippen LogP contribution is 2.37. The molecular formula is C17H31BSi. The van der Waals surface area contributed by atoms with Gasteiger partial charge in [-0.2, -0.15) is 0 Å². The van der Waals surface area contributed by atoms with Crippen LogP contribution in [-0.4, -0.2) is 14.8 Å². The van der Waals surface area contributed by atoms with Gasteiger partial charge in [-0.25, -0.2) is 0 Å². The topological polar surface area (TPSA) is 0 Å². The second kappa shape index (κ2) is 7.94. The molecule has 0 saturated carbocycles. The molecule has 0 aromatic heterocycles. The van der Waals surface area contributed by atoms with Gasteiger partial charge in [0, 0.05) is 0 Å². The van der Waals surface area contributed by atoms with Crippen LogP contribution >= 0.6 is 0 Å². The zero-order valence-electron chi connectivity index (χ0n) is 13.3. The summed E-state index contributed by atoms with van der Waals surface area (Å²) in [6.45, 7) is 16.2. The molecule has 19 heavy (non-hydrogen) atoms. The largest absolute Gasteiger partial charge is 0.174 e. The second-order valence-corrected chi connectivity index (χ2v) is 11.5. The van der Waals surface area contributed by atoms with Crippen molar-refractivity contribution >= 4 is 14.8 Å². The van der Waals surface area contributed by atoms with Crippen molar-refractivity contribution in [1.29, 1.82) is 0 Å². The number of hydrogen-bond donors (Lipinski definition) is 0. The van der Waals surface area contributed by atoms with Crippen molar-refractivity contribution in [3.05, 3.63) is 36.0 Å². The van der Waals surface area contributed by atoms with E-state index < -0.39 is 8.07 Å². The lowest BCUT2D eigenvalue weighted by molar-refractivity contribution is 0.798. The Morgan fingerprint density at radius 1 is 1.26 bits per heavy atom. The minimum absolute atomic E-state index is 0.747. The number of unbranched alkanes of at least 4 members (excludes halogenated alkanes) is 1. The van der Waals surface area contributed by atoms with E-state index in [-0.39, 0.29) is 0 Å². The van der Waals surface area contributed by atoms with Crippen molar-refractivity contribution < 1.29 is 0 Å². The first-order valence-electron chi connectivity index (χ1n) is 8.01. The standard InChI is InChI=1S/C17H31BSi/c1-6-9-12-17-16(11-7-2)18(13-8-3)14-10-15-19(17,4)5/h7-8H,2-3,6,9-15H2,1,4-5H3. The Hall–Kier alpha value is -0.498. The lowest BCUT2D eigenvalue weighted by Crippen LogP contribution is -2.30. The van der Waals surface area contributed by atoms with Gasteiger partial charge in [0.1, 0.15) is 0 Å². The lowest BCUT2D eigenvalue weighted by atomic mass is 9.39. The molecular weight excluding hydrogens is 243 g/mol. The molecule has 1 aliphatic heterocycles. The van der Waals surface area contributed by atoms with Crippen LogP contribution in [0.5, 0.6) is 0 Å². The fraction of sp³-hybridized carbons (Fsp3) is 0.647. The first kappa shape index (κ1) is 16.6. The summed E-state index contributed by atoms with van der Waals surface area (Å²) in [7, 11) is -1.18. The molecule has 0 fully saturated rings. The molecule has 0 bridgehead atoms. The molecule has 106 valence electrons. The van der Waals surface area contributed by atoms with E-state index in [2.05, 4.69) is 45.3 Å². The molecule has 0 aliphatic carbocycles. The molecule has 0 atom stereocenters. The average Bonchev–Trinajstić information content (AvgIpc) is 2.46. The third-order valence-electron chi connectivity index (χ3n) is 4.65. The number of rotatable bonds is 7. The minimum atomic E-state index is -1.18. The maximum atomic E-state index is 4.00. The van der Waals surface area contributed by atoms with Gasteiger partial charge in [0.25, 0.3) is 0 Å². The summed E-state index contributed by atoms with van der Waals surface area (Å²) in [5.74, 6) is 0. The van der Waals surface area contributed by atoms with E-state index in [0.717, 1.165) is 19.5 Å². The van der Waals surface area contributed by atoms with E-state index in [0.29, 0.717) is 0 Å². The van der Waals surface area contributed by atoms with Crippen LogP contribution in [0.4, 0.5) is 0 Å². The first-order chi connectivity index (χ1) is 9.06. The van der Waals surface area contributed by atoms with Crippen molar-refractivity contribution in [2.24, 2.45) is 0 Å². The predicted molar refractivity (Wildman–Crippen MR) is 93.8 cm³/mol. The van der Waals surface area contributed by atoms with E-state index in [1.54, 1.807) is 5.47 Å². The van der Waals surface area contributed by atoms with Crippen LogP contribution in [0, 0.1) is 0 Å². The Morgan fingerprint density at radius 3 is 2.58 bits per heavy atom. The summed E-state index contributed by atoms with van der Waals surface area (Å²) in [6, 6.07) is 1.47. The third-order valence-corrected chi connectivity index (χ3v) is 8.46. The summed E-state index contributed by atoms with van der Waals surface area (Å²) in [6.07, 6.45) is 13.3.